The number of aromatic amines is 1. The minimum atomic E-state index is -1.30. The second kappa shape index (κ2) is 10.7. The molecule has 2 aromatic carbocycles. The molecule has 8 nitrogen and oxygen atoms in total. The van der Waals surface area contributed by atoms with Crippen molar-refractivity contribution in [1.82, 2.24) is 9.97 Å². The molecule has 0 amide bonds. The first-order valence-corrected chi connectivity index (χ1v) is 11.5. The van der Waals surface area contributed by atoms with Crippen LogP contribution in [0.1, 0.15) is 10.4 Å². The molecule has 0 spiro atoms. The van der Waals surface area contributed by atoms with E-state index < -0.39 is 17.2 Å². The number of benzene rings is 2. The van der Waals surface area contributed by atoms with Gasteiger partial charge in [-0.3, -0.25) is 4.79 Å². The molecule has 0 unspecified atom stereocenters. The normalized spacial score (nSPS) is 11.9. The maximum Gasteiger partial charge on any atom is 0.341 e. The highest BCUT2D eigenvalue weighted by Crippen LogP contribution is 2.39. The molecule has 1 aliphatic rings. The molecule has 0 aliphatic carbocycles. The van der Waals surface area contributed by atoms with Crippen molar-refractivity contribution in [1.29, 1.82) is 0 Å². The quantitative estimate of drug-likeness (QED) is 0.297. The zero-order valence-corrected chi connectivity index (χ0v) is 19.1. The zero-order valence-electron chi connectivity index (χ0n) is 18.3. The van der Waals surface area contributed by atoms with Crippen LogP contribution in [0.5, 0.6) is 11.5 Å². The zero-order chi connectivity index (χ0) is 24.8. The third-order valence-corrected chi connectivity index (χ3v) is 6.04. The summed E-state index contributed by atoms with van der Waals surface area (Å²) < 4.78 is 18.6. The Hall–Kier alpha value is -4.31. The number of hydrogen-bond donors (Lipinski definition) is 4. The number of aromatic carboxylic acids is 1. The highest BCUT2D eigenvalue weighted by molar-refractivity contribution is 7.99. The Kier molecular flexibility index (Phi) is 7.32. The summed E-state index contributed by atoms with van der Waals surface area (Å²) in [5, 5.41) is 12.1. The van der Waals surface area contributed by atoms with Gasteiger partial charge in [-0.2, -0.15) is 0 Å². The Bertz CT molecular complexity index is 1390. The molecule has 10 heteroatoms. The average Bonchev–Trinajstić information content (AvgIpc) is 2.87. The van der Waals surface area contributed by atoms with Crippen molar-refractivity contribution in [2.75, 3.05) is 23.3 Å². The van der Waals surface area contributed by atoms with E-state index in [1.54, 1.807) is 18.0 Å². The number of nitrogens with one attached hydrogen (secondary N) is 2. The number of nitrogens with two attached hydrogens (primary N) is 1. The molecule has 0 fully saturated rings. The number of hydrogen-bond acceptors (Lipinski definition) is 7. The van der Waals surface area contributed by atoms with Gasteiger partial charge in [0.05, 0.1) is 4.90 Å². The van der Waals surface area contributed by atoms with E-state index >= 15 is 0 Å². The SMILES string of the molecule is Nc1ccc(Oc2ccnc3c2SCCN3)cc1.O=C(O)c1c[nH]cc(-c2ccc(F)cc2)c1=O. The van der Waals surface area contributed by atoms with E-state index in [1.165, 1.54) is 30.5 Å². The Balaban J connectivity index is 0.000000165. The molecular weight excluding hydrogens is 471 g/mol. The van der Waals surface area contributed by atoms with Crippen LogP contribution in [0.3, 0.4) is 0 Å². The number of anilines is 2. The first kappa shape index (κ1) is 23.8. The number of H-pyrrole nitrogens is 1. The Labute approximate surface area is 204 Å². The summed E-state index contributed by atoms with van der Waals surface area (Å²) >= 11 is 1.76. The predicted octanol–water partition coefficient (Wildman–Crippen LogP) is 4.85. The molecule has 4 aromatic rings. The number of pyridine rings is 2. The molecule has 0 radical (unpaired) electrons. The molecule has 0 saturated carbocycles. The first-order valence-electron chi connectivity index (χ1n) is 10.5. The average molecular weight is 493 g/mol. The van der Waals surface area contributed by atoms with Crippen molar-refractivity contribution in [3.8, 4) is 22.6 Å². The first-order chi connectivity index (χ1) is 16.9. The highest BCUT2D eigenvalue weighted by atomic mass is 32.2. The molecule has 0 saturated heterocycles. The summed E-state index contributed by atoms with van der Waals surface area (Å²) in [5.74, 6) is 1.83. The fourth-order valence-electron chi connectivity index (χ4n) is 3.25. The van der Waals surface area contributed by atoms with Crippen molar-refractivity contribution >= 4 is 29.2 Å². The van der Waals surface area contributed by atoms with Gasteiger partial charge in [0, 0.05) is 48.2 Å². The number of aromatic nitrogens is 2. The van der Waals surface area contributed by atoms with Crippen LogP contribution < -0.4 is 21.2 Å². The van der Waals surface area contributed by atoms with Crippen LogP contribution in [0.4, 0.5) is 15.9 Å². The van der Waals surface area contributed by atoms with Gasteiger partial charge in [-0.25, -0.2) is 14.2 Å². The number of rotatable bonds is 4. The molecule has 0 atom stereocenters. The molecule has 5 rings (SSSR count). The van der Waals surface area contributed by atoms with Gasteiger partial charge in [-0.1, -0.05) is 12.1 Å². The fourth-order valence-corrected chi connectivity index (χ4v) is 4.17. The third kappa shape index (κ3) is 5.79. The number of fused-ring (bicyclic) bond motifs is 1. The number of nitrogens with zero attached hydrogens (tertiary/aromatic N) is 1. The molecule has 0 bridgehead atoms. The van der Waals surface area contributed by atoms with Gasteiger partial charge in [-0.15, -0.1) is 11.8 Å². The van der Waals surface area contributed by atoms with Crippen LogP contribution in [0, 0.1) is 5.82 Å². The van der Waals surface area contributed by atoms with Gasteiger partial charge in [0.15, 0.2) is 0 Å². The topological polar surface area (TPSA) is 130 Å². The maximum atomic E-state index is 12.7. The van der Waals surface area contributed by atoms with Crippen molar-refractivity contribution < 1.29 is 19.0 Å². The van der Waals surface area contributed by atoms with E-state index in [1.807, 2.05) is 30.3 Å². The summed E-state index contributed by atoms with van der Waals surface area (Å²) in [6.07, 6.45) is 4.27. The van der Waals surface area contributed by atoms with Crippen molar-refractivity contribution in [2.24, 2.45) is 0 Å². The fraction of sp³-hybridized carbons (Fsp3) is 0.0800. The maximum absolute atomic E-state index is 12.7. The number of ether oxygens (including phenoxy) is 1. The van der Waals surface area contributed by atoms with Crippen LogP contribution in [0.15, 0.2) is 82.9 Å². The van der Waals surface area contributed by atoms with Crippen LogP contribution >= 0.6 is 11.8 Å². The van der Waals surface area contributed by atoms with E-state index in [9.17, 15) is 14.0 Å². The number of nitrogen functional groups attached to an aromatic ring is 1. The molecular formula is C25H21FN4O4S. The second-order valence-electron chi connectivity index (χ2n) is 7.36. The van der Waals surface area contributed by atoms with Crippen LogP contribution in [0.2, 0.25) is 0 Å². The smallest absolute Gasteiger partial charge is 0.341 e. The van der Waals surface area contributed by atoms with Crippen molar-refractivity contribution in [2.45, 2.75) is 4.90 Å². The number of carboxylic acid groups (broad SMARTS) is 1. The number of carboxylic acids is 1. The lowest BCUT2D eigenvalue weighted by atomic mass is 10.1. The van der Waals surface area contributed by atoms with Crippen molar-refractivity contribution in [3.63, 3.8) is 0 Å². The molecule has 5 N–H and O–H groups in total. The van der Waals surface area contributed by atoms with Gasteiger partial charge in [-0.05, 0) is 42.0 Å². The summed E-state index contributed by atoms with van der Waals surface area (Å²) in [6.45, 7) is 0.940. The van der Waals surface area contributed by atoms with E-state index in [0.29, 0.717) is 5.56 Å². The minimum Gasteiger partial charge on any atom is -0.477 e. The molecule has 2 aromatic heterocycles. The summed E-state index contributed by atoms with van der Waals surface area (Å²) in [6, 6.07) is 14.5. The highest BCUT2D eigenvalue weighted by Gasteiger charge is 2.16. The summed E-state index contributed by atoms with van der Waals surface area (Å²) in [7, 11) is 0. The van der Waals surface area contributed by atoms with E-state index in [-0.39, 0.29) is 11.1 Å². The second-order valence-corrected chi connectivity index (χ2v) is 8.46. The van der Waals surface area contributed by atoms with Crippen molar-refractivity contribution in [3.05, 3.63) is 94.8 Å². The van der Waals surface area contributed by atoms with Gasteiger partial charge >= 0.3 is 5.97 Å². The molecule has 178 valence electrons. The van der Waals surface area contributed by atoms with Crippen LogP contribution in [0.25, 0.3) is 11.1 Å². The standard InChI is InChI=1S/C13H13N3OS.C12H8FNO3/c14-9-1-3-10(4-2-9)17-11-5-6-15-13-12(11)18-8-7-16-13;13-8-3-1-7(2-4-8)9-5-14-6-10(11(9)15)12(16)17/h1-6H,7-8,14H2,(H,15,16);1-6H,(H,14,15)(H,16,17). The minimum absolute atomic E-state index is 0.199. The Morgan fingerprint density at radius 3 is 2.54 bits per heavy atom. The van der Waals surface area contributed by atoms with E-state index in [4.69, 9.17) is 15.6 Å². The monoisotopic (exact) mass is 492 g/mol. The van der Waals surface area contributed by atoms with Gasteiger partial charge in [0.25, 0.3) is 0 Å². The van der Waals surface area contributed by atoms with Gasteiger partial charge in [0.1, 0.15) is 28.7 Å². The Morgan fingerprint density at radius 1 is 1.09 bits per heavy atom. The summed E-state index contributed by atoms with van der Waals surface area (Å²) in [5.41, 5.74) is 6.11. The molecule has 35 heavy (non-hydrogen) atoms. The van der Waals surface area contributed by atoms with Crippen LogP contribution in [-0.4, -0.2) is 33.3 Å². The molecule has 3 heterocycles. The lowest BCUT2D eigenvalue weighted by Crippen LogP contribution is -2.16. The lowest BCUT2D eigenvalue weighted by Gasteiger charge is -2.19. The summed E-state index contributed by atoms with van der Waals surface area (Å²) in [4.78, 5) is 30.5. The van der Waals surface area contributed by atoms with Crippen LogP contribution in [-0.2, 0) is 0 Å². The third-order valence-electron chi connectivity index (χ3n) is 4.95. The number of carbonyl (C=O) groups is 1. The Morgan fingerprint density at radius 2 is 1.83 bits per heavy atom. The van der Waals surface area contributed by atoms with Gasteiger partial charge < -0.3 is 25.9 Å². The molecule has 1 aliphatic heterocycles. The lowest BCUT2D eigenvalue weighted by molar-refractivity contribution is 0.0695. The van der Waals surface area contributed by atoms with E-state index in [0.717, 1.165) is 46.4 Å². The number of thioether (sulfide) groups is 1. The van der Waals surface area contributed by atoms with E-state index in [2.05, 4.69) is 15.3 Å². The van der Waals surface area contributed by atoms with Gasteiger partial charge in [0.2, 0.25) is 5.43 Å². The largest absolute Gasteiger partial charge is 0.477 e. The predicted molar refractivity (Wildman–Crippen MR) is 134 cm³/mol. The number of halogens is 1.